The molecule has 1 N–H and O–H groups in total. The number of halogens is 2. The molecule has 0 aliphatic rings. The molecule has 0 atom stereocenters. The van der Waals surface area contributed by atoms with Crippen LogP contribution in [0, 0.1) is 0 Å². The molecular formula is C25H17Br2N3O5. The van der Waals surface area contributed by atoms with Crippen LogP contribution in [0.4, 0.5) is 0 Å². The molecule has 5 rings (SSSR count). The van der Waals surface area contributed by atoms with Gasteiger partial charge in [0.25, 0.3) is 5.56 Å². The van der Waals surface area contributed by atoms with Crippen LogP contribution < -0.4 is 15.0 Å². The summed E-state index contributed by atoms with van der Waals surface area (Å²) in [5, 5.41) is 15.8. The molecule has 5 aromatic rings. The van der Waals surface area contributed by atoms with Crippen LogP contribution in [0.5, 0.6) is 17.2 Å². The van der Waals surface area contributed by atoms with Gasteiger partial charge in [-0.15, -0.1) is 0 Å². The van der Waals surface area contributed by atoms with Gasteiger partial charge in [0, 0.05) is 10.0 Å². The van der Waals surface area contributed by atoms with E-state index in [0.717, 1.165) is 5.39 Å². The molecule has 10 heteroatoms. The lowest BCUT2D eigenvalue weighted by Crippen LogP contribution is -2.20. The molecule has 2 heterocycles. The normalized spacial score (nSPS) is 11.5. The molecule has 0 bridgehead atoms. The number of benzene rings is 3. The van der Waals surface area contributed by atoms with Crippen molar-refractivity contribution in [1.82, 2.24) is 9.66 Å². The average Bonchev–Trinajstić information content (AvgIpc) is 3.32. The summed E-state index contributed by atoms with van der Waals surface area (Å²) in [7, 11) is 3.03. The molecule has 0 aliphatic carbocycles. The van der Waals surface area contributed by atoms with Gasteiger partial charge in [0.2, 0.25) is 5.82 Å². The van der Waals surface area contributed by atoms with E-state index in [9.17, 15) is 9.90 Å². The number of aromatic hydroxyl groups is 1. The van der Waals surface area contributed by atoms with Gasteiger partial charge in [0.15, 0.2) is 17.3 Å². The summed E-state index contributed by atoms with van der Waals surface area (Å²) in [4.78, 5) is 18.2. The SMILES string of the molecule is COc1cc(C=Nn2c(-c3cc4c(OC)cccc4o3)nc3ccccc3c2=O)c(Br)c(Br)c1O. The molecule has 0 amide bonds. The second kappa shape index (κ2) is 9.20. The summed E-state index contributed by atoms with van der Waals surface area (Å²) >= 11 is 6.77. The third-order valence-electron chi connectivity index (χ3n) is 5.42. The highest BCUT2D eigenvalue weighted by molar-refractivity contribution is 9.13. The first-order valence-electron chi connectivity index (χ1n) is 10.3. The summed E-state index contributed by atoms with van der Waals surface area (Å²) in [5.74, 6) is 1.41. The zero-order valence-electron chi connectivity index (χ0n) is 18.5. The van der Waals surface area contributed by atoms with Crippen LogP contribution in [0.25, 0.3) is 33.5 Å². The van der Waals surface area contributed by atoms with Gasteiger partial charge in [-0.3, -0.25) is 4.79 Å². The average molecular weight is 599 g/mol. The molecule has 0 saturated carbocycles. The van der Waals surface area contributed by atoms with Crippen molar-refractivity contribution < 1.29 is 19.0 Å². The van der Waals surface area contributed by atoms with Crippen molar-refractivity contribution in [1.29, 1.82) is 0 Å². The second-order valence-electron chi connectivity index (χ2n) is 7.44. The smallest absolute Gasteiger partial charge is 0.282 e. The van der Waals surface area contributed by atoms with E-state index in [1.54, 1.807) is 37.4 Å². The van der Waals surface area contributed by atoms with E-state index in [2.05, 4.69) is 41.9 Å². The third-order valence-corrected chi connectivity index (χ3v) is 7.58. The van der Waals surface area contributed by atoms with Crippen molar-refractivity contribution in [3.8, 4) is 28.8 Å². The number of furan rings is 1. The van der Waals surface area contributed by atoms with E-state index in [1.165, 1.54) is 18.0 Å². The molecule has 0 saturated heterocycles. The fourth-order valence-corrected chi connectivity index (χ4v) is 4.52. The first-order valence-corrected chi connectivity index (χ1v) is 11.9. The van der Waals surface area contributed by atoms with E-state index in [4.69, 9.17) is 13.9 Å². The highest BCUT2D eigenvalue weighted by atomic mass is 79.9. The highest BCUT2D eigenvalue weighted by Gasteiger charge is 2.19. The number of phenols is 1. The van der Waals surface area contributed by atoms with Crippen molar-refractivity contribution in [3.05, 3.63) is 79.5 Å². The largest absolute Gasteiger partial charge is 0.503 e. The van der Waals surface area contributed by atoms with E-state index in [-0.39, 0.29) is 22.9 Å². The molecule has 0 unspecified atom stereocenters. The van der Waals surface area contributed by atoms with E-state index < -0.39 is 0 Å². The first kappa shape index (κ1) is 23.1. The monoisotopic (exact) mass is 597 g/mol. The van der Waals surface area contributed by atoms with Crippen molar-refractivity contribution in [2.45, 2.75) is 0 Å². The van der Waals surface area contributed by atoms with Crippen LogP contribution in [0.15, 0.2) is 77.9 Å². The quantitative estimate of drug-likeness (QED) is 0.251. The molecule has 176 valence electrons. The number of hydrogen-bond donors (Lipinski definition) is 1. The Hall–Kier alpha value is -3.63. The lowest BCUT2D eigenvalue weighted by molar-refractivity contribution is 0.371. The Morgan fingerprint density at radius 2 is 1.77 bits per heavy atom. The number of fused-ring (bicyclic) bond motifs is 2. The molecule has 0 spiro atoms. The van der Waals surface area contributed by atoms with Crippen LogP contribution in [-0.4, -0.2) is 35.2 Å². The number of phenolic OH excluding ortho intramolecular Hbond substituents is 1. The van der Waals surface area contributed by atoms with Gasteiger partial charge in [-0.05, 0) is 68.3 Å². The van der Waals surface area contributed by atoms with E-state index >= 15 is 0 Å². The highest BCUT2D eigenvalue weighted by Crippen LogP contribution is 2.41. The topological polar surface area (TPSA) is 99.1 Å². The number of nitrogens with zero attached hydrogens (tertiary/aromatic N) is 3. The standard InChI is InChI=1S/C25H17Br2N3O5/c1-33-17-8-5-9-18-15(17)11-20(35-18)24-29-16-7-4-3-6-14(16)25(32)30(24)28-12-13-10-19(34-2)23(31)22(27)21(13)26/h3-12,31H,1-2H3. The Labute approximate surface area is 215 Å². The minimum absolute atomic E-state index is 0.0574. The van der Waals surface area contributed by atoms with Crippen LogP contribution in [-0.2, 0) is 0 Å². The summed E-state index contributed by atoms with van der Waals surface area (Å²) in [6.07, 6.45) is 1.47. The van der Waals surface area contributed by atoms with Crippen LogP contribution in [0.2, 0.25) is 0 Å². The predicted molar refractivity (Wildman–Crippen MR) is 141 cm³/mol. The minimum atomic E-state index is -0.366. The molecule has 8 nitrogen and oxygen atoms in total. The van der Waals surface area contributed by atoms with Gasteiger partial charge in [0.1, 0.15) is 11.3 Å². The van der Waals surface area contributed by atoms with Crippen molar-refractivity contribution in [3.63, 3.8) is 0 Å². The van der Waals surface area contributed by atoms with Gasteiger partial charge >= 0.3 is 0 Å². The van der Waals surface area contributed by atoms with Crippen LogP contribution in [0.1, 0.15) is 5.56 Å². The zero-order valence-corrected chi connectivity index (χ0v) is 21.6. The Balaban J connectivity index is 1.75. The Kier molecular flexibility index (Phi) is 6.08. The minimum Gasteiger partial charge on any atom is -0.503 e. The van der Waals surface area contributed by atoms with Gasteiger partial charge in [-0.25, -0.2) is 4.98 Å². The number of methoxy groups -OCH3 is 2. The Bertz CT molecular complexity index is 1690. The summed E-state index contributed by atoms with van der Waals surface area (Å²) < 4.78 is 18.8. The lowest BCUT2D eigenvalue weighted by atomic mass is 10.2. The maximum Gasteiger partial charge on any atom is 0.282 e. The van der Waals surface area contributed by atoms with Gasteiger partial charge in [0.05, 0.1) is 41.2 Å². The van der Waals surface area contributed by atoms with Crippen LogP contribution in [0.3, 0.4) is 0 Å². The van der Waals surface area contributed by atoms with Crippen molar-refractivity contribution >= 4 is 59.9 Å². The maximum atomic E-state index is 13.5. The van der Waals surface area contributed by atoms with E-state index in [1.807, 2.05) is 24.3 Å². The number of rotatable bonds is 5. The zero-order chi connectivity index (χ0) is 24.7. The molecule has 2 aromatic heterocycles. The number of para-hydroxylation sites is 1. The van der Waals surface area contributed by atoms with Crippen molar-refractivity contribution in [2.24, 2.45) is 5.10 Å². The van der Waals surface area contributed by atoms with Gasteiger partial charge in [-0.2, -0.15) is 9.78 Å². The fraction of sp³-hybridized carbons (Fsp3) is 0.0800. The van der Waals surface area contributed by atoms with E-state index in [0.29, 0.717) is 42.5 Å². The van der Waals surface area contributed by atoms with Gasteiger partial charge in [-0.1, -0.05) is 18.2 Å². The fourth-order valence-electron chi connectivity index (χ4n) is 3.69. The molecule has 0 fully saturated rings. The maximum absolute atomic E-state index is 13.5. The molecule has 3 aromatic carbocycles. The Morgan fingerprint density at radius 1 is 1.00 bits per heavy atom. The lowest BCUT2D eigenvalue weighted by Gasteiger charge is -2.10. The molecule has 35 heavy (non-hydrogen) atoms. The molecular weight excluding hydrogens is 582 g/mol. The molecule has 0 aliphatic heterocycles. The summed E-state index contributed by atoms with van der Waals surface area (Å²) in [6, 6.07) is 15.9. The summed E-state index contributed by atoms with van der Waals surface area (Å²) in [5.41, 5.74) is 1.30. The van der Waals surface area contributed by atoms with Crippen molar-refractivity contribution in [2.75, 3.05) is 14.2 Å². The predicted octanol–water partition coefficient (Wildman–Crippen LogP) is 5.94. The second-order valence-corrected chi connectivity index (χ2v) is 9.03. The third kappa shape index (κ3) is 3.98. The van der Waals surface area contributed by atoms with Crippen LogP contribution >= 0.6 is 31.9 Å². The Morgan fingerprint density at radius 3 is 2.54 bits per heavy atom. The number of aromatic nitrogens is 2. The number of ether oxygens (including phenoxy) is 2. The molecule has 0 radical (unpaired) electrons. The summed E-state index contributed by atoms with van der Waals surface area (Å²) in [6.45, 7) is 0. The number of hydrogen-bond acceptors (Lipinski definition) is 7. The first-order chi connectivity index (χ1) is 16.9. The van der Waals surface area contributed by atoms with Gasteiger partial charge < -0.3 is 19.0 Å².